The summed E-state index contributed by atoms with van der Waals surface area (Å²) in [5, 5.41) is 3.87. The molecule has 0 aliphatic carbocycles. The summed E-state index contributed by atoms with van der Waals surface area (Å²) >= 11 is 11.8. The van der Waals surface area contributed by atoms with E-state index in [4.69, 9.17) is 27.9 Å². The molecular formula is C15H13Cl2NO2. The molecule has 2 aromatic carbocycles. The van der Waals surface area contributed by atoms with Crippen molar-refractivity contribution >= 4 is 29.1 Å². The molecule has 20 heavy (non-hydrogen) atoms. The van der Waals surface area contributed by atoms with E-state index >= 15 is 0 Å². The van der Waals surface area contributed by atoms with Crippen molar-refractivity contribution in [3.8, 4) is 5.75 Å². The number of para-hydroxylation sites is 1. The van der Waals surface area contributed by atoms with Gasteiger partial charge in [-0.05, 0) is 29.8 Å². The fourth-order valence-electron chi connectivity index (χ4n) is 1.60. The average Bonchev–Trinajstić information content (AvgIpc) is 2.44. The van der Waals surface area contributed by atoms with Gasteiger partial charge in [0.25, 0.3) is 5.91 Å². The average molecular weight is 310 g/mol. The van der Waals surface area contributed by atoms with E-state index < -0.39 is 0 Å². The number of hydrogen-bond donors (Lipinski definition) is 1. The Morgan fingerprint density at radius 1 is 1.10 bits per heavy atom. The maximum absolute atomic E-state index is 11.7. The Kier molecular flexibility index (Phi) is 5.27. The highest BCUT2D eigenvalue weighted by atomic mass is 35.5. The number of ether oxygens (including phenoxy) is 1. The lowest BCUT2D eigenvalue weighted by Crippen LogP contribution is -2.28. The van der Waals surface area contributed by atoms with Gasteiger partial charge in [0.15, 0.2) is 6.61 Å². The maximum Gasteiger partial charge on any atom is 0.258 e. The molecule has 5 heteroatoms. The molecule has 0 atom stereocenters. The van der Waals surface area contributed by atoms with E-state index in [0.717, 1.165) is 5.56 Å². The van der Waals surface area contributed by atoms with Crippen molar-refractivity contribution in [3.63, 3.8) is 0 Å². The van der Waals surface area contributed by atoms with Crippen LogP contribution in [0.5, 0.6) is 5.75 Å². The van der Waals surface area contributed by atoms with Gasteiger partial charge in [-0.2, -0.15) is 0 Å². The summed E-state index contributed by atoms with van der Waals surface area (Å²) < 4.78 is 5.34. The quantitative estimate of drug-likeness (QED) is 0.914. The molecule has 0 spiro atoms. The van der Waals surface area contributed by atoms with Crippen LogP contribution < -0.4 is 10.1 Å². The molecule has 1 amide bonds. The Hall–Kier alpha value is -1.71. The third kappa shape index (κ3) is 4.44. The Morgan fingerprint density at radius 2 is 1.90 bits per heavy atom. The van der Waals surface area contributed by atoms with Crippen LogP contribution >= 0.6 is 23.2 Å². The van der Waals surface area contributed by atoms with Gasteiger partial charge in [0.2, 0.25) is 0 Å². The number of nitrogens with one attached hydrogen (secondary N) is 1. The molecule has 104 valence electrons. The molecule has 0 fully saturated rings. The molecule has 3 nitrogen and oxygen atoms in total. The second-order valence-electron chi connectivity index (χ2n) is 4.13. The fraction of sp³-hybridized carbons (Fsp3) is 0.133. The van der Waals surface area contributed by atoms with Crippen molar-refractivity contribution in [1.82, 2.24) is 5.32 Å². The minimum atomic E-state index is -0.218. The number of carbonyl (C=O) groups is 1. The lowest BCUT2D eigenvalue weighted by molar-refractivity contribution is -0.123. The summed E-state index contributed by atoms with van der Waals surface area (Å²) in [6.07, 6.45) is 0. The first-order valence-electron chi connectivity index (χ1n) is 6.03. The van der Waals surface area contributed by atoms with Gasteiger partial charge in [-0.15, -0.1) is 0 Å². The first-order chi connectivity index (χ1) is 9.65. The van der Waals surface area contributed by atoms with Crippen molar-refractivity contribution in [3.05, 3.63) is 64.1 Å². The van der Waals surface area contributed by atoms with Crippen LogP contribution in [0.2, 0.25) is 10.0 Å². The normalized spacial score (nSPS) is 10.1. The Morgan fingerprint density at radius 3 is 2.65 bits per heavy atom. The predicted molar refractivity (Wildman–Crippen MR) is 80.2 cm³/mol. The number of carbonyl (C=O) groups excluding carboxylic acids is 1. The zero-order chi connectivity index (χ0) is 14.4. The van der Waals surface area contributed by atoms with Crippen molar-refractivity contribution in [2.75, 3.05) is 6.61 Å². The Labute approximate surface area is 127 Å². The zero-order valence-corrected chi connectivity index (χ0v) is 12.1. The molecule has 0 aliphatic rings. The standard InChI is InChI=1S/C15H13Cl2NO2/c16-12-5-3-4-11(8-12)9-18-15(19)10-20-14-7-2-1-6-13(14)17/h1-8H,9-10H2,(H,18,19). The molecule has 1 N–H and O–H groups in total. The first kappa shape index (κ1) is 14.7. The molecule has 0 unspecified atom stereocenters. The van der Waals surface area contributed by atoms with Gasteiger partial charge in [-0.3, -0.25) is 4.79 Å². The van der Waals surface area contributed by atoms with Gasteiger partial charge in [0.1, 0.15) is 5.75 Å². The Bertz CT molecular complexity index is 602. The molecule has 2 rings (SSSR count). The molecule has 0 bridgehead atoms. The van der Waals surface area contributed by atoms with Crippen LogP contribution in [0.15, 0.2) is 48.5 Å². The van der Waals surface area contributed by atoms with E-state index in [2.05, 4.69) is 5.32 Å². The molecule has 2 aromatic rings. The minimum absolute atomic E-state index is 0.0791. The van der Waals surface area contributed by atoms with Crippen LogP contribution in [0.25, 0.3) is 0 Å². The number of hydrogen-bond acceptors (Lipinski definition) is 2. The van der Waals surface area contributed by atoms with Crippen LogP contribution in [0, 0.1) is 0 Å². The summed E-state index contributed by atoms with van der Waals surface area (Å²) in [4.78, 5) is 11.7. The van der Waals surface area contributed by atoms with Gasteiger partial charge in [0.05, 0.1) is 5.02 Å². The first-order valence-corrected chi connectivity index (χ1v) is 6.79. The third-order valence-electron chi connectivity index (χ3n) is 2.57. The van der Waals surface area contributed by atoms with Gasteiger partial charge < -0.3 is 10.1 Å². The number of amides is 1. The lowest BCUT2D eigenvalue weighted by Gasteiger charge is -2.08. The molecule has 0 aliphatic heterocycles. The number of benzene rings is 2. The topological polar surface area (TPSA) is 38.3 Å². The molecule has 0 saturated heterocycles. The highest BCUT2D eigenvalue weighted by molar-refractivity contribution is 6.32. The minimum Gasteiger partial charge on any atom is -0.482 e. The smallest absolute Gasteiger partial charge is 0.258 e. The highest BCUT2D eigenvalue weighted by Crippen LogP contribution is 2.22. The molecule has 0 radical (unpaired) electrons. The van der Waals surface area contributed by atoms with E-state index in [1.165, 1.54) is 0 Å². The third-order valence-corrected chi connectivity index (χ3v) is 3.12. The Balaban J connectivity index is 1.80. The van der Waals surface area contributed by atoms with Crippen LogP contribution in [0.1, 0.15) is 5.56 Å². The summed E-state index contributed by atoms with van der Waals surface area (Å²) in [6.45, 7) is 0.329. The van der Waals surface area contributed by atoms with E-state index in [1.54, 1.807) is 36.4 Å². The van der Waals surface area contributed by atoms with E-state index in [-0.39, 0.29) is 12.5 Å². The lowest BCUT2D eigenvalue weighted by atomic mass is 10.2. The van der Waals surface area contributed by atoms with Crippen LogP contribution in [-0.2, 0) is 11.3 Å². The highest BCUT2D eigenvalue weighted by Gasteiger charge is 2.05. The molecule has 0 saturated carbocycles. The predicted octanol–water partition coefficient (Wildman–Crippen LogP) is 3.69. The van der Waals surface area contributed by atoms with Crippen LogP contribution in [-0.4, -0.2) is 12.5 Å². The van der Waals surface area contributed by atoms with Gasteiger partial charge in [-0.1, -0.05) is 47.5 Å². The summed E-state index contributed by atoms with van der Waals surface area (Å²) in [5.74, 6) is 0.275. The van der Waals surface area contributed by atoms with Crippen LogP contribution in [0.3, 0.4) is 0 Å². The van der Waals surface area contributed by atoms with Crippen molar-refractivity contribution in [2.45, 2.75) is 6.54 Å². The van der Waals surface area contributed by atoms with Gasteiger partial charge in [-0.25, -0.2) is 0 Å². The fourth-order valence-corrected chi connectivity index (χ4v) is 2.01. The van der Waals surface area contributed by atoms with Crippen LogP contribution in [0.4, 0.5) is 0 Å². The monoisotopic (exact) mass is 309 g/mol. The van der Waals surface area contributed by atoms with Gasteiger partial charge in [0, 0.05) is 11.6 Å². The zero-order valence-electron chi connectivity index (χ0n) is 10.6. The van der Waals surface area contributed by atoms with E-state index in [1.807, 2.05) is 12.1 Å². The van der Waals surface area contributed by atoms with Crippen molar-refractivity contribution in [2.24, 2.45) is 0 Å². The number of halogens is 2. The maximum atomic E-state index is 11.7. The van der Waals surface area contributed by atoms with Gasteiger partial charge >= 0.3 is 0 Å². The largest absolute Gasteiger partial charge is 0.482 e. The summed E-state index contributed by atoms with van der Waals surface area (Å²) in [6, 6.07) is 14.3. The number of rotatable bonds is 5. The summed E-state index contributed by atoms with van der Waals surface area (Å²) in [5.41, 5.74) is 0.934. The molecular weight excluding hydrogens is 297 g/mol. The SMILES string of the molecule is O=C(COc1ccccc1Cl)NCc1cccc(Cl)c1. The molecule has 0 heterocycles. The second kappa shape index (κ2) is 7.17. The van der Waals surface area contributed by atoms with Crippen molar-refractivity contribution in [1.29, 1.82) is 0 Å². The van der Waals surface area contributed by atoms with E-state index in [0.29, 0.717) is 22.3 Å². The van der Waals surface area contributed by atoms with E-state index in [9.17, 15) is 4.79 Å². The van der Waals surface area contributed by atoms with Crippen molar-refractivity contribution < 1.29 is 9.53 Å². The molecule has 0 aromatic heterocycles. The second-order valence-corrected chi connectivity index (χ2v) is 4.97. The summed E-state index contributed by atoms with van der Waals surface area (Å²) in [7, 11) is 0.